The number of rotatable bonds is 6. The maximum atomic E-state index is 11.7. The molecule has 1 aromatic carbocycles. The lowest BCUT2D eigenvalue weighted by Crippen LogP contribution is -2.12. The van der Waals surface area contributed by atoms with E-state index in [-0.39, 0.29) is 17.8 Å². The van der Waals surface area contributed by atoms with Crippen LogP contribution < -0.4 is 0 Å². The fraction of sp³-hybridized carbons (Fsp3) is 0.400. The molecule has 1 N–H and O–H groups in total. The third kappa shape index (κ3) is 4.96. The van der Waals surface area contributed by atoms with Crippen LogP contribution in [0.1, 0.15) is 37.0 Å². The van der Waals surface area contributed by atoms with Gasteiger partial charge in [0.15, 0.2) is 5.78 Å². The second kappa shape index (κ2) is 7.02. The zero-order valence-electron chi connectivity index (χ0n) is 10.5. The summed E-state index contributed by atoms with van der Waals surface area (Å²) < 4.78 is 0. The normalized spacial score (nSPS) is 13.2. The van der Waals surface area contributed by atoms with E-state index in [0.717, 1.165) is 5.56 Å². The van der Waals surface area contributed by atoms with E-state index in [0.29, 0.717) is 12.8 Å². The Morgan fingerprint density at radius 2 is 1.88 bits per heavy atom. The molecule has 0 aromatic heterocycles. The number of ketones is 1. The van der Waals surface area contributed by atoms with Gasteiger partial charge in [0, 0.05) is 12.0 Å². The molecule has 92 valence electrons. The van der Waals surface area contributed by atoms with E-state index in [9.17, 15) is 9.90 Å². The summed E-state index contributed by atoms with van der Waals surface area (Å²) in [6.45, 7) is 3.96. The summed E-state index contributed by atoms with van der Waals surface area (Å²) in [6, 6.07) is 9.25. The molecular formula is C15H20O2. The van der Waals surface area contributed by atoms with E-state index < -0.39 is 0 Å². The molecule has 0 heterocycles. The first kappa shape index (κ1) is 13.7. The van der Waals surface area contributed by atoms with Gasteiger partial charge in [-0.25, -0.2) is 0 Å². The Hall–Kier alpha value is -1.41. The fourth-order valence-corrected chi connectivity index (χ4v) is 1.44. The molecule has 0 spiro atoms. The minimum atomic E-state index is -0.321. The van der Waals surface area contributed by atoms with Crippen LogP contribution in [0.4, 0.5) is 0 Å². The standard InChI is InChI=1S/C15H20O2/c1-12(2)14(16)10-6-7-11-15(17)13-8-4-3-5-9-13/h3-9,12,14,16H,10-11H2,1-2H3/b7-6+. The predicted molar refractivity (Wildman–Crippen MR) is 70.0 cm³/mol. The largest absolute Gasteiger partial charge is 0.393 e. The van der Waals surface area contributed by atoms with Gasteiger partial charge in [0.25, 0.3) is 0 Å². The first-order chi connectivity index (χ1) is 8.11. The average Bonchev–Trinajstić information content (AvgIpc) is 2.35. The van der Waals surface area contributed by atoms with Crippen molar-refractivity contribution in [3.8, 4) is 0 Å². The van der Waals surface area contributed by atoms with Crippen LogP contribution in [0.25, 0.3) is 0 Å². The molecule has 0 saturated carbocycles. The number of benzene rings is 1. The number of allylic oxidation sites excluding steroid dienone is 1. The zero-order valence-corrected chi connectivity index (χ0v) is 10.5. The number of carbonyl (C=O) groups excluding carboxylic acids is 1. The van der Waals surface area contributed by atoms with Gasteiger partial charge in [-0.2, -0.15) is 0 Å². The van der Waals surface area contributed by atoms with Crippen molar-refractivity contribution < 1.29 is 9.90 Å². The summed E-state index contributed by atoms with van der Waals surface area (Å²) in [4.78, 5) is 11.7. The van der Waals surface area contributed by atoms with Gasteiger partial charge >= 0.3 is 0 Å². The van der Waals surface area contributed by atoms with E-state index >= 15 is 0 Å². The van der Waals surface area contributed by atoms with Crippen LogP contribution in [-0.2, 0) is 0 Å². The molecule has 1 unspecified atom stereocenters. The molecule has 0 amide bonds. The van der Waals surface area contributed by atoms with Crippen LogP contribution in [0.5, 0.6) is 0 Å². The topological polar surface area (TPSA) is 37.3 Å². The summed E-state index contributed by atoms with van der Waals surface area (Å²) in [5.41, 5.74) is 0.738. The van der Waals surface area contributed by atoms with Crippen LogP contribution in [0.15, 0.2) is 42.5 Å². The molecule has 0 radical (unpaired) electrons. The van der Waals surface area contributed by atoms with Gasteiger partial charge in [0.2, 0.25) is 0 Å². The Morgan fingerprint density at radius 1 is 1.24 bits per heavy atom. The van der Waals surface area contributed by atoms with Crippen LogP contribution >= 0.6 is 0 Å². The molecular weight excluding hydrogens is 212 g/mol. The van der Waals surface area contributed by atoms with Crippen molar-refractivity contribution >= 4 is 5.78 Å². The molecule has 1 aromatic rings. The molecule has 2 nitrogen and oxygen atoms in total. The monoisotopic (exact) mass is 232 g/mol. The second-order valence-electron chi connectivity index (χ2n) is 4.51. The van der Waals surface area contributed by atoms with Crippen LogP contribution in [0, 0.1) is 5.92 Å². The number of carbonyl (C=O) groups is 1. The van der Waals surface area contributed by atoms with Crippen molar-refractivity contribution in [1.29, 1.82) is 0 Å². The molecule has 0 aliphatic rings. The molecule has 1 rings (SSSR count). The van der Waals surface area contributed by atoms with E-state index in [1.807, 2.05) is 56.3 Å². The summed E-state index contributed by atoms with van der Waals surface area (Å²) in [6.07, 6.45) is 4.40. The Balaban J connectivity index is 2.36. The SMILES string of the molecule is CC(C)C(O)C/C=C/CC(=O)c1ccccc1. The first-order valence-corrected chi connectivity index (χ1v) is 6.02. The van der Waals surface area contributed by atoms with Crippen molar-refractivity contribution in [2.75, 3.05) is 0 Å². The highest BCUT2D eigenvalue weighted by molar-refractivity contribution is 5.96. The van der Waals surface area contributed by atoms with E-state index in [1.165, 1.54) is 0 Å². The Labute approximate surface area is 103 Å². The van der Waals surface area contributed by atoms with Gasteiger partial charge in [0.1, 0.15) is 0 Å². The number of hydrogen-bond acceptors (Lipinski definition) is 2. The van der Waals surface area contributed by atoms with Crippen molar-refractivity contribution in [1.82, 2.24) is 0 Å². The average molecular weight is 232 g/mol. The van der Waals surface area contributed by atoms with Crippen molar-refractivity contribution in [2.24, 2.45) is 5.92 Å². The van der Waals surface area contributed by atoms with Gasteiger partial charge in [-0.15, -0.1) is 0 Å². The van der Waals surface area contributed by atoms with Crippen molar-refractivity contribution in [2.45, 2.75) is 32.8 Å². The number of hydrogen-bond donors (Lipinski definition) is 1. The van der Waals surface area contributed by atoms with Gasteiger partial charge < -0.3 is 5.11 Å². The molecule has 2 heteroatoms. The quantitative estimate of drug-likeness (QED) is 0.604. The first-order valence-electron chi connectivity index (χ1n) is 6.02. The highest BCUT2D eigenvalue weighted by Crippen LogP contribution is 2.07. The minimum Gasteiger partial charge on any atom is -0.393 e. The van der Waals surface area contributed by atoms with Gasteiger partial charge in [0.05, 0.1) is 6.10 Å². The zero-order chi connectivity index (χ0) is 12.7. The predicted octanol–water partition coefficient (Wildman–Crippen LogP) is 3.22. The highest BCUT2D eigenvalue weighted by Gasteiger charge is 2.06. The number of aliphatic hydroxyl groups excluding tert-OH is 1. The molecule has 0 aliphatic heterocycles. The lowest BCUT2D eigenvalue weighted by atomic mass is 10.0. The van der Waals surface area contributed by atoms with Gasteiger partial charge in [-0.1, -0.05) is 56.3 Å². The summed E-state index contributed by atoms with van der Waals surface area (Å²) in [5, 5.41) is 9.57. The van der Waals surface area contributed by atoms with Crippen molar-refractivity contribution in [3.63, 3.8) is 0 Å². The fourth-order valence-electron chi connectivity index (χ4n) is 1.44. The van der Waals surface area contributed by atoms with Gasteiger partial charge in [-0.3, -0.25) is 4.79 Å². The Kier molecular flexibility index (Phi) is 5.64. The molecule has 0 fully saturated rings. The lowest BCUT2D eigenvalue weighted by molar-refractivity contribution is 0.0995. The van der Waals surface area contributed by atoms with Crippen LogP contribution in [0.3, 0.4) is 0 Å². The summed E-state index contributed by atoms with van der Waals surface area (Å²) in [5.74, 6) is 0.366. The van der Waals surface area contributed by atoms with E-state index in [4.69, 9.17) is 0 Å². The maximum absolute atomic E-state index is 11.7. The van der Waals surface area contributed by atoms with Crippen molar-refractivity contribution in [3.05, 3.63) is 48.0 Å². The second-order valence-corrected chi connectivity index (χ2v) is 4.51. The van der Waals surface area contributed by atoms with Crippen LogP contribution in [-0.4, -0.2) is 17.0 Å². The lowest BCUT2D eigenvalue weighted by Gasteiger charge is -2.10. The Morgan fingerprint density at radius 3 is 2.47 bits per heavy atom. The molecule has 1 atom stereocenters. The number of aliphatic hydroxyl groups is 1. The molecule has 0 saturated heterocycles. The third-order valence-electron chi connectivity index (χ3n) is 2.71. The Bertz CT molecular complexity index is 366. The summed E-state index contributed by atoms with van der Waals surface area (Å²) >= 11 is 0. The minimum absolute atomic E-state index is 0.112. The van der Waals surface area contributed by atoms with Gasteiger partial charge in [-0.05, 0) is 12.3 Å². The van der Waals surface area contributed by atoms with E-state index in [2.05, 4.69) is 0 Å². The van der Waals surface area contributed by atoms with E-state index in [1.54, 1.807) is 0 Å². The molecule has 0 aliphatic carbocycles. The highest BCUT2D eigenvalue weighted by atomic mass is 16.3. The number of Topliss-reactive ketones (excluding diaryl/α,β-unsaturated/α-hetero) is 1. The molecule has 17 heavy (non-hydrogen) atoms. The summed E-state index contributed by atoms with van der Waals surface area (Å²) in [7, 11) is 0. The maximum Gasteiger partial charge on any atom is 0.166 e. The smallest absolute Gasteiger partial charge is 0.166 e. The molecule has 0 bridgehead atoms. The van der Waals surface area contributed by atoms with Crippen LogP contribution in [0.2, 0.25) is 0 Å². The third-order valence-corrected chi connectivity index (χ3v) is 2.71.